The molecule has 4 heterocycles. The van der Waals surface area contributed by atoms with E-state index in [9.17, 15) is 0 Å². The Morgan fingerprint density at radius 2 is 2.00 bits per heavy atom. The molecule has 3 aliphatic rings. The van der Waals surface area contributed by atoms with Gasteiger partial charge in [-0.15, -0.1) is 11.3 Å². The van der Waals surface area contributed by atoms with Crippen molar-refractivity contribution in [3.63, 3.8) is 0 Å². The maximum Gasteiger partial charge on any atom is 0.0594 e. The van der Waals surface area contributed by atoms with Crippen LogP contribution in [0.5, 0.6) is 0 Å². The van der Waals surface area contributed by atoms with Gasteiger partial charge in [-0.2, -0.15) is 0 Å². The molecule has 2 aliphatic heterocycles. The lowest BCUT2D eigenvalue weighted by Crippen LogP contribution is -2.35. The van der Waals surface area contributed by atoms with Crippen LogP contribution in [0, 0.1) is 0 Å². The summed E-state index contributed by atoms with van der Waals surface area (Å²) in [4.78, 5) is 12.6. The molecule has 0 radical (unpaired) electrons. The van der Waals surface area contributed by atoms with Crippen LogP contribution in [0.1, 0.15) is 29.5 Å². The lowest BCUT2D eigenvalue weighted by atomic mass is 9.95. The number of allylic oxidation sites excluding steroid dienone is 2. The fourth-order valence-electron chi connectivity index (χ4n) is 4.48. The normalized spacial score (nSPS) is 20.4. The van der Waals surface area contributed by atoms with Crippen molar-refractivity contribution < 1.29 is 4.74 Å². The van der Waals surface area contributed by atoms with Crippen LogP contribution < -0.4 is 0 Å². The summed E-state index contributed by atoms with van der Waals surface area (Å²) in [6.45, 7) is 10.4. The van der Waals surface area contributed by atoms with E-state index in [1.165, 1.54) is 37.7 Å². The zero-order valence-corrected chi connectivity index (χ0v) is 18.0. The van der Waals surface area contributed by atoms with Crippen LogP contribution >= 0.6 is 11.3 Å². The molecule has 1 saturated heterocycles. The molecule has 2 aromatic heterocycles. The summed E-state index contributed by atoms with van der Waals surface area (Å²) in [5, 5.41) is 0. The predicted octanol–water partition coefficient (Wildman–Crippen LogP) is 4.23. The molecule has 0 saturated carbocycles. The largest absolute Gasteiger partial charge is 0.379 e. The van der Waals surface area contributed by atoms with Gasteiger partial charge in [-0.05, 0) is 42.3 Å². The number of pyridine rings is 1. The van der Waals surface area contributed by atoms with Gasteiger partial charge in [0.15, 0.2) is 0 Å². The Kier molecular flexibility index (Phi) is 5.64. The number of likely N-dealkylation sites (N-methyl/N-ethyl adjacent to an activating group) is 1. The van der Waals surface area contributed by atoms with Crippen LogP contribution in [0.25, 0.3) is 16.0 Å². The minimum atomic E-state index is 0.855. The first-order valence-corrected chi connectivity index (χ1v) is 11.6. The highest BCUT2D eigenvalue weighted by Gasteiger charge is 2.22. The van der Waals surface area contributed by atoms with Gasteiger partial charge in [-0.3, -0.25) is 14.8 Å². The molecule has 1 aliphatic carbocycles. The lowest BCUT2D eigenvalue weighted by molar-refractivity contribution is 0.0346. The van der Waals surface area contributed by atoms with Crippen molar-refractivity contribution in [1.82, 2.24) is 14.8 Å². The number of thiophene rings is 1. The number of hydrogen-bond acceptors (Lipinski definition) is 5. The van der Waals surface area contributed by atoms with E-state index < -0.39 is 0 Å². The second-order valence-electron chi connectivity index (χ2n) is 8.07. The van der Waals surface area contributed by atoms with Gasteiger partial charge in [0.25, 0.3) is 0 Å². The topological polar surface area (TPSA) is 28.6 Å². The van der Waals surface area contributed by atoms with E-state index in [1.807, 2.05) is 11.3 Å². The van der Waals surface area contributed by atoms with Crippen LogP contribution in [0.3, 0.4) is 0 Å². The number of fused-ring (bicyclic) bond motifs is 1. The van der Waals surface area contributed by atoms with Crippen LogP contribution in [0.4, 0.5) is 0 Å². The SMILES string of the molecule is CCN1CC=C(C2=CCc3ncc(-c4ccc(CN5CCOCC5)s4)cc32)CC1. The molecule has 0 atom stereocenters. The molecule has 0 N–H and O–H groups in total. The van der Waals surface area contributed by atoms with Crippen molar-refractivity contribution in [1.29, 1.82) is 0 Å². The minimum absolute atomic E-state index is 0.855. The first-order valence-electron chi connectivity index (χ1n) is 10.8. The zero-order valence-electron chi connectivity index (χ0n) is 17.2. The average Bonchev–Trinajstić information content (AvgIpc) is 3.41. The number of ether oxygens (including phenoxy) is 1. The quantitative estimate of drug-likeness (QED) is 0.741. The summed E-state index contributed by atoms with van der Waals surface area (Å²) in [6.07, 6.45) is 8.98. The molecular weight excluding hydrogens is 378 g/mol. The third-order valence-electron chi connectivity index (χ3n) is 6.28. The molecule has 0 aromatic carbocycles. The van der Waals surface area contributed by atoms with Crippen molar-refractivity contribution in [3.8, 4) is 10.4 Å². The van der Waals surface area contributed by atoms with Gasteiger partial charge in [-0.1, -0.05) is 19.1 Å². The molecule has 0 unspecified atom stereocenters. The summed E-state index contributed by atoms with van der Waals surface area (Å²) in [6, 6.07) is 6.92. The second kappa shape index (κ2) is 8.52. The maximum absolute atomic E-state index is 5.47. The minimum Gasteiger partial charge on any atom is -0.379 e. The third kappa shape index (κ3) is 4.10. The van der Waals surface area contributed by atoms with E-state index in [0.29, 0.717) is 0 Å². The molecule has 29 heavy (non-hydrogen) atoms. The van der Waals surface area contributed by atoms with Crippen molar-refractivity contribution >= 4 is 16.9 Å². The molecule has 0 amide bonds. The summed E-state index contributed by atoms with van der Waals surface area (Å²) >= 11 is 1.90. The number of nitrogens with zero attached hydrogens (tertiary/aromatic N) is 3. The molecule has 5 rings (SSSR count). The molecule has 1 fully saturated rings. The van der Waals surface area contributed by atoms with Gasteiger partial charge in [0, 0.05) is 66.2 Å². The summed E-state index contributed by atoms with van der Waals surface area (Å²) < 4.78 is 5.47. The first-order chi connectivity index (χ1) is 14.3. The number of aromatic nitrogens is 1. The molecule has 152 valence electrons. The standard InChI is InChI=1S/C24H29N3OS/c1-2-26-9-7-18(8-10-26)21-4-5-23-22(21)15-19(16-25-23)24-6-3-20(29-24)17-27-11-13-28-14-12-27/h3-4,6-7,15-16H,2,5,8-14,17H2,1H3. The predicted molar refractivity (Wildman–Crippen MR) is 120 cm³/mol. The van der Waals surface area contributed by atoms with Gasteiger partial charge >= 0.3 is 0 Å². The molecule has 2 aromatic rings. The van der Waals surface area contributed by atoms with E-state index >= 15 is 0 Å². The Morgan fingerprint density at radius 1 is 1.10 bits per heavy atom. The van der Waals surface area contributed by atoms with Crippen molar-refractivity contribution in [2.75, 3.05) is 45.9 Å². The highest BCUT2D eigenvalue weighted by molar-refractivity contribution is 7.15. The smallest absolute Gasteiger partial charge is 0.0594 e. The molecule has 0 spiro atoms. The van der Waals surface area contributed by atoms with Crippen LogP contribution in [0.15, 0.2) is 42.1 Å². The fraction of sp³-hybridized carbons (Fsp3) is 0.458. The molecule has 0 bridgehead atoms. The number of morpholine rings is 1. The van der Waals surface area contributed by atoms with E-state index in [2.05, 4.69) is 53.3 Å². The highest BCUT2D eigenvalue weighted by Crippen LogP contribution is 2.38. The Bertz CT molecular complexity index is 939. The van der Waals surface area contributed by atoms with Crippen molar-refractivity contribution in [2.45, 2.75) is 26.3 Å². The first kappa shape index (κ1) is 19.2. The van der Waals surface area contributed by atoms with Crippen LogP contribution in [0.2, 0.25) is 0 Å². The number of hydrogen-bond donors (Lipinski definition) is 0. The summed E-state index contributed by atoms with van der Waals surface area (Å²) in [7, 11) is 0. The highest BCUT2D eigenvalue weighted by atomic mass is 32.1. The Morgan fingerprint density at radius 3 is 2.79 bits per heavy atom. The monoisotopic (exact) mass is 407 g/mol. The lowest BCUT2D eigenvalue weighted by Gasteiger charge is -2.25. The summed E-state index contributed by atoms with van der Waals surface area (Å²) in [5.41, 5.74) is 6.76. The Hall–Kier alpha value is -1.79. The van der Waals surface area contributed by atoms with Gasteiger partial charge < -0.3 is 4.74 Å². The van der Waals surface area contributed by atoms with E-state index in [4.69, 9.17) is 9.72 Å². The van der Waals surface area contributed by atoms with Gasteiger partial charge in [-0.25, -0.2) is 0 Å². The third-order valence-corrected chi connectivity index (χ3v) is 7.39. The van der Waals surface area contributed by atoms with Crippen molar-refractivity contribution in [3.05, 3.63) is 58.3 Å². The molecule has 5 heteroatoms. The number of rotatable bonds is 5. The molecule has 4 nitrogen and oxygen atoms in total. The van der Waals surface area contributed by atoms with E-state index in [-0.39, 0.29) is 0 Å². The molecular formula is C24H29N3OS. The van der Waals surface area contributed by atoms with Gasteiger partial charge in [0.05, 0.1) is 18.9 Å². The van der Waals surface area contributed by atoms with Gasteiger partial charge in [0.2, 0.25) is 0 Å². The second-order valence-corrected chi connectivity index (χ2v) is 9.24. The average molecular weight is 408 g/mol. The van der Waals surface area contributed by atoms with Crippen LogP contribution in [-0.4, -0.2) is 60.7 Å². The zero-order chi connectivity index (χ0) is 19.6. The maximum atomic E-state index is 5.47. The summed E-state index contributed by atoms with van der Waals surface area (Å²) in [5.74, 6) is 0. The van der Waals surface area contributed by atoms with E-state index in [1.54, 1.807) is 0 Å². The van der Waals surface area contributed by atoms with Crippen molar-refractivity contribution in [2.24, 2.45) is 0 Å². The van der Waals surface area contributed by atoms with Crippen LogP contribution in [-0.2, 0) is 17.7 Å². The fourth-order valence-corrected chi connectivity index (χ4v) is 5.51. The van der Waals surface area contributed by atoms with E-state index in [0.717, 1.165) is 65.3 Å². The van der Waals surface area contributed by atoms with Gasteiger partial charge in [0.1, 0.15) is 0 Å². The Labute approximate surface area is 177 Å². The Balaban J connectivity index is 1.35.